The SMILES string of the molecule is CCCCCCCCC/C=C\CCCCCCCCCC(=O)OC(COCCCCCCCCCCCCCCCCCCC)COC1OC(COC2OC(CO)C(O)C(O)C2O)C(O)C(O)C1O. The fourth-order valence-corrected chi connectivity index (χ4v) is 9.16. The number of allylic oxidation sites excluding steroid dienone is 2. The summed E-state index contributed by atoms with van der Waals surface area (Å²) in [4.78, 5) is 13.0. The molecule has 0 aromatic rings. The fourth-order valence-electron chi connectivity index (χ4n) is 9.16. The largest absolute Gasteiger partial charge is 0.457 e. The van der Waals surface area contributed by atoms with Crippen LogP contribution in [0.5, 0.6) is 0 Å². The Kier molecular flexibility index (Phi) is 39.9. The molecule has 69 heavy (non-hydrogen) atoms. The summed E-state index contributed by atoms with van der Waals surface area (Å²) in [5, 5.41) is 72.3. The lowest BCUT2D eigenvalue weighted by molar-refractivity contribution is -0.332. The van der Waals surface area contributed by atoms with E-state index in [0.29, 0.717) is 13.0 Å². The Balaban J connectivity index is 1.73. The van der Waals surface area contributed by atoms with Gasteiger partial charge in [0.05, 0.1) is 26.4 Å². The zero-order chi connectivity index (χ0) is 50.2. The van der Waals surface area contributed by atoms with Gasteiger partial charge in [-0.1, -0.05) is 199 Å². The van der Waals surface area contributed by atoms with E-state index >= 15 is 0 Å². The predicted octanol–water partition coefficient (Wildman–Crippen LogP) is 9.41. The molecule has 0 saturated carbocycles. The molecule has 11 atom stereocenters. The summed E-state index contributed by atoms with van der Waals surface area (Å²) in [5.41, 5.74) is 0. The molecule has 11 unspecified atom stereocenters. The molecule has 0 aromatic carbocycles. The van der Waals surface area contributed by atoms with Crippen LogP contribution < -0.4 is 0 Å². The van der Waals surface area contributed by atoms with Gasteiger partial charge in [0.15, 0.2) is 12.6 Å². The lowest BCUT2D eigenvalue weighted by Crippen LogP contribution is -2.61. The third-order valence-corrected chi connectivity index (χ3v) is 13.8. The maximum absolute atomic E-state index is 13.0. The van der Waals surface area contributed by atoms with Crippen molar-refractivity contribution in [1.82, 2.24) is 0 Å². The van der Waals surface area contributed by atoms with Crippen molar-refractivity contribution in [3.8, 4) is 0 Å². The maximum atomic E-state index is 13.0. The van der Waals surface area contributed by atoms with Crippen LogP contribution in [0.1, 0.15) is 232 Å². The zero-order valence-electron chi connectivity index (χ0n) is 43.6. The third kappa shape index (κ3) is 30.5. The number of carbonyl (C=O) groups excluding carboxylic acids is 1. The molecule has 408 valence electrons. The topological polar surface area (TPSA) is 214 Å². The molecular formula is C55H104O14. The monoisotopic (exact) mass is 989 g/mol. The van der Waals surface area contributed by atoms with E-state index in [-0.39, 0.29) is 25.6 Å². The number of hydrogen-bond acceptors (Lipinski definition) is 14. The number of aliphatic hydroxyl groups is 7. The highest BCUT2D eigenvalue weighted by Crippen LogP contribution is 2.27. The van der Waals surface area contributed by atoms with Crippen LogP contribution in [-0.4, -0.2) is 142 Å². The van der Waals surface area contributed by atoms with Gasteiger partial charge in [-0.15, -0.1) is 0 Å². The molecule has 14 heteroatoms. The van der Waals surface area contributed by atoms with Crippen molar-refractivity contribution in [3.05, 3.63) is 12.2 Å². The van der Waals surface area contributed by atoms with E-state index < -0.39 is 80.7 Å². The summed E-state index contributed by atoms with van der Waals surface area (Å²) in [6.07, 6.45) is 29.8. The Hall–Kier alpha value is -1.27. The van der Waals surface area contributed by atoms with Gasteiger partial charge in [-0.2, -0.15) is 0 Å². The molecule has 2 rings (SSSR count). The first-order valence-corrected chi connectivity index (χ1v) is 28.3. The Morgan fingerprint density at radius 3 is 1.32 bits per heavy atom. The molecule has 0 aliphatic carbocycles. The number of aliphatic hydroxyl groups excluding tert-OH is 7. The van der Waals surface area contributed by atoms with Gasteiger partial charge in [0.25, 0.3) is 0 Å². The first-order chi connectivity index (χ1) is 33.6. The summed E-state index contributed by atoms with van der Waals surface area (Å²) in [6, 6.07) is 0. The van der Waals surface area contributed by atoms with Crippen LogP contribution in [-0.2, 0) is 33.2 Å². The molecule has 2 heterocycles. The number of unbranched alkanes of at least 4 members (excludes halogenated alkanes) is 30. The standard InChI is InChI=1S/C55H104O14/c1-3-5-7-9-11-13-15-17-19-21-22-24-26-28-30-32-34-36-38-47(57)67-44(41-64-39-37-35-33-31-29-27-25-23-20-18-16-14-12-10-8-6-4-2)42-65-54-53(63)51(61)49(59)46(69-54)43-66-55-52(62)50(60)48(58)45(40-56)68-55/h19,21,44-46,48-56,58-63H,3-18,20,22-43H2,1-2H3/b21-19-. The van der Waals surface area contributed by atoms with Crippen LogP contribution in [0, 0.1) is 0 Å². The van der Waals surface area contributed by atoms with Crippen molar-refractivity contribution >= 4 is 5.97 Å². The number of ether oxygens (including phenoxy) is 6. The van der Waals surface area contributed by atoms with Crippen molar-refractivity contribution in [2.24, 2.45) is 0 Å². The normalized spacial score (nSPS) is 25.7. The molecule has 14 nitrogen and oxygen atoms in total. The van der Waals surface area contributed by atoms with E-state index in [9.17, 15) is 40.5 Å². The van der Waals surface area contributed by atoms with Crippen LogP contribution in [0.2, 0.25) is 0 Å². The molecule has 2 aliphatic heterocycles. The second-order valence-corrected chi connectivity index (χ2v) is 20.1. The second-order valence-electron chi connectivity index (χ2n) is 20.1. The van der Waals surface area contributed by atoms with Gasteiger partial charge in [-0.25, -0.2) is 0 Å². The van der Waals surface area contributed by atoms with Crippen LogP contribution in [0.4, 0.5) is 0 Å². The quantitative estimate of drug-likeness (QED) is 0.0172. The van der Waals surface area contributed by atoms with Gasteiger partial charge in [-0.05, 0) is 38.5 Å². The van der Waals surface area contributed by atoms with E-state index in [1.807, 2.05) is 0 Å². The minimum Gasteiger partial charge on any atom is -0.457 e. The molecule has 2 saturated heterocycles. The minimum atomic E-state index is -1.70. The Morgan fingerprint density at radius 2 is 0.855 bits per heavy atom. The molecule has 0 spiro atoms. The number of esters is 1. The molecular weight excluding hydrogens is 885 g/mol. The Morgan fingerprint density at radius 1 is 0.464 bits per heavy atom. The summed E-state index contributed by atoms with van der Waals surface area (Å²) in [5.74, 6) is -0.375. The molecule has 7 N–H and O–H groups in total. The van der Waals surface area contributed by atoms with Crippen LogP contribution in [0.15, 0.2) is 12.2 Å². The van der Waals surface area contributed by atoms with E-state index in [2.05, 4.69) is 26.0 Å². The number of rotatable bonds is 46. The maximum Gasteiger partial charge on any atom is 0.306 e. The van der Waals surface area contributed by atoms with Gasteiger partial charge >= 0.3 is 5.97 Å². The first-order valence-electron chi connectivity index (χ1n) is 28.3. The first kappa shape index (κ1) is 63.8. The van der Waals surface area contributed by atoms with Gasteiger partial charge in [0.1, 0.15) is 54.9 Å². The number of carbonyl (C=O) groups is 1. The predicted molar refractivity (Wildman–Crippen MR) is 271 cm³/mol. The van der Waals surface area contributed by atoms with Crippen molar-refractivity contribution in [3.63, 3.8) is 0 Å². The third-order valence-electron chi connectivity index (χ3n) is 13.8. The van der Waals surface area contributed by atoms with Crippen molar-refractivity contribution in [1.29, 1.82) is 0 Å². The van der Waals surface area contributed by atoms with Crippen LogP contribution >= 0.6 is 0 Å². The Bertz CT molecular complexity index is 1190. The molecule has 2 fully saturated rings. The van der Waals surface area contributed by atoms with Crippen molar-refractivity contribution in [2.75, 3.05) is 33.0 Å². The lowest BCUT2D eigenvalue weighted by Gasteiger charge is -2.42. The van der Waals surface area contributed by atoms with Crippen molar-refractivity contribution < 1.29 is 69.0 Å². The van der Waals surface area contributed by atoms with Gasteiger partial charge in [-0.3, -0.25) is 4.79 Å². The summed E-state index contributed by atoms with van der Waals surface area (Å²) < 4.78 is 34.4. The van der Waals surface area contributed by atoms with E-state index in [1.165, 1.54) is 161 Å². The Labute approximate surface area is 418 Å². The number of hydrogen-bond donors (Lipinski definition) is 7. The highest BCUT2D eigenvalue weighted by Gasteiger charge is 2.47. The smallest absolute Gasteiger partial charge is 0.306 e. The fraction of sp³-hybridized carbons (Fsp3) is 0.945. The van der Waals surface area contributed by atoms with Crippen LogP contribution in [0.3, 0.4) is 0 Å². The average molecular weight is 989 g/mol. The molecule has 0 amide bonds. The molecule has 0 aromatic heterocycles. The molecule has 0 bridgehead atoms. The van der Waals surface area contributed by atoms with E-state index in [0.717, 1.165) is 44.9 Å². The average Bonchev–Trinajstić information content (AvgIpc) is 3.35. The summed E-state index contributed by atoms with van der Waals surface area (Å²) in [7, 11) is 0. The lowest BCUT2D eigenvalue weighted by atomic mass is 9.98. The zero-order valence-corrected chi connectivity index (χ0v) is 43.6. The molecule has 2 aliphatic rings. The van der Waals surface area contributed by atoms with Gasteiger partial charge in [0.2, 0.25) is 0 Å². The van der Waals surface area contributed by atoms with Gasteiger partial charge < -0.3 is 64.2 Å². The van der Waals surface area contributed by atoms with Crippen LogP contribution in [0.25, 0.3) is 0 Å². The van der Waals surface area contributed by atoms with E-state index in [1.54, 1.807) is 0 Å². The summed E-state index contributed by atoms with van der Waals surface area (Å²) >= 11 is 0. The van der Waals surface area contributed by atoms with Crippen molar-refractivity contribution in [2.45, 2.75) is 300 Å². The molecule has 0 radical (unpaired) electrons. The highest BCUT2D eigenvalue weighted by atomic mass is 16.7. The highest BCUT2D eigenvalue weighted by molar-refractivity contribution is 5.69. The van der Waals surface area contributed by atoms with E-state index in [4.69, 9.17) is 28.4 Å². The minimum absolute atomic E-state index is 0.0660. The summed E-state index contributed by atoms with van der Waals surface area (Å²) in [6.45, 7) is 3.73. The second kappa shape index (κ2) is 43.2. The van der Waals surface area contributed by atoms with Gasteiger partial charge in [0, 0.05) is 13.0 Å².